The van der Waals surface area contributed by atoms with Gasteiger partial charge in [-0.2, -0.15) is 5.10 Å². The van der Waals surface area contributed by atoms with E-state index in [4.69, 9.17) is 12.2 Å². The molecular formula is C16H17N5OS3. The third-order valence-electron chi connectivity index (χ3n) is 4.29. The van der Waals surface area contributed by atoms with E-state index in [9.17, 15) is 4.79 Å². The molecule has 0 saturated carbocycles. The number of aryl methyl sites for hydroxylation is 2. The van der Waals surface area contributed by atoms with Gasteiger partial charge in [-0.25, -0.2) is 4.98 Å². The summed E-state index contributed by atoms with van der Waals surface area (Å²) in [6.07, 6.45) is 6.19. The molecular weight excluding hydrogens is 374 g/mol. The maximum atomic E-state index is 12.6. The van der Waals surface area contributed by atoms with E-state index in [1.54, 1.807) is 17.4 Å². The molecule has 3 heterocycles. The molecule has 0 atom stereocenters. The van der Waals surface area contributed by atoms with Gasteiger partial charge in [-0.3, -0.25) is 14.5 Å². The maximum absolute atomic E-state index is 12.6. The fourth-order valence-corrected chi connectivity index (χ4v) is 5.48. The lowest BCUT2D eigenvalue weighted by molar-refractivity contribution is 0.700. The smallest absolute Gasteiger partial charge is 0.260 e. The van der Waals surface area contributed by atoms with E-state index in [1.807, 2.05) is 4.57 Å². The van der Waals surface area contributed by atoms with Gasteiger partial charge in [0.15, 0.2) is 9.93 Å². The molecule has 0 amide bonds. The van der Waals surface area contributed by atoms with Crippen LogP contribution in [0.3, 0.4) is 0 Å². The van der Waals surface area contributed by atoms with Crippen molar-refractivity contribution in [3.8, 4) is 0 Å². The van der Waals surface area contributed by atoms with Crippen molar-refractivity contribution >= 4 is 45.5 Å². The Bertz CT molecular complexity index is 1060. The van der Waals surface area contributed by atoms with Crippen LogP contribution in [0.4, 0.5) is 0 Å². The van der Waals surface area contributed by atoms with Gasteiger partial charge >= 0.3 is 0 Å². The first kappa shape index (κ1) is 16.7. The standard InChI is InChI=1S/C16H17N5OS3/c1-2-7-21-11(19-20-16(21)23)8-24-15-17-13(22)12-9-5-3-4-6-10(9)25-14(12)18-15/h2H,1,3-8H2,(H,20,23)(H,17,18,22). The fraction of sp³-hybridized carbons (Fsp3) is 0.375. The lowest BCUT2D eigenvalue weighted by atomic mass is 9.97. The quantitative estimate of drug-likeness (QED) is 0.301. The average molecular weight is 392 g/mol. The van der Waals surface area contributed by atoms with Crippen molar-refractivity contribution in [1.82, 2.24) is 24.7 Å². The zero-order valence-electron chi connectivity index (χ0n) is 13.5. The molecule has 1 aliphatic carbocycles. The highest BCUT2D eigenvalue weighted by atomic mass is 32.2. The van der Waals surface area contributed by atoms with Crippen LogP contribution in [0.5, 0.6) is 0 Å². The van der Waals surface area contributed by atoms with E-state index >= 15 is 0 Å². The number of fused-ring (bicyclic) bond motifs is 3. The van der Waals surface area contributed by atoms with Gasteiger partial charge in [0.25, 0.3) is 5.56 Å². The molecule has 6 nitrogen and oxygen atoms in total. The minimum Gasteiger partial charge on any atom is -0.301 e. The minimum atomic E-state index is -0.0307. The number of hydrogen-bond acceptors (Lipinski definition) is 6. The van der Waals surface area contributed by atoms with E-state index < -0.39 is 0 Å². The summed E-state index contributed by atoms with van der Waals surface area (Å²) in [6, 6.07) is 0. The van der Waals surface area contributed by atoms with Gasteiger partial charge < -0.3 is 4.98 Å². The predicted octanol–water partition coefficient (Wildman–Crippen LogP) is 3.60. The van der Waals surface area contributed by atoms with Crippen LogP contribution in [0.15, 0.2) is 22.6 Å². The summed E-state index contributed by atoms with van der Waals surface area (Å²) in [5, 5.41) is 8.45. The molecule has 9 heteroatoms. The number of thioether (sulfide) groups is 1. The zero-order valence-corrected chi connectivity index (χ0v) is 16.0. The average Bonchev–Trinajstić information content (AvgIpc) is 3.14. The number of nitrogens with one attached hydrogen (secondary N) is 2. The first-order valence-corrected chi connectivity index (χ1v) is 10.3. The Kier molecular flexibility index (Phi) is 4.61. The summed E-state index contributed by atoms with van der Waals surface area (Å²) in [7, 11) is 0. The minimum absolute atomic E-state index is 0.0307. The van der Waals surface area contributed by atoms with Crippen LogP contribution in [0.2, 0.25) is 0 Å². The Morgan fingerprint density at radius 3 is 3.08 bits per heavy atom. The molecule has 0 unspecified atom stereocenters. The topological polar surface area (TPSA) is 79.4 Å². The summed E-state index contributed by atoms with van der Waals surface area (Å²) in [5.74, 6) is 1.38. The highest BCUT2D eigenvalue weighted by Gasteiger charge is 2.20. The van der Waals surface area contributed by atoms with Gasteiger partial charge in [-0.15, -0.1) is 17.9 Å². The maximum Gasteiger partial charge on any atom is 0.260 e. The molecule has 0 radical (unpaired) electrons. The molecule has 0 aromatic carbocycles. The first-order valence-electron chi connectivity index (χ1n) is 8.09. The highest BCUT2D eigenvalue weighted by molar-refractivity contribution is 7.98. The van der Waals surface area contributed by atoms with Crippen LogP contribution >= 0.6 is 35.3 Å². The third-order valence-corrected chi connectivity index (χ3v) is 6.66. The zero-order chi connectivity index (χ0) is 17.4. The Balaban J connectivity index is 1.63. The van der Waals surface area contributed by atoms with Crippen molar-refractivity contribution in [2.45, 2.75) is 43.1 Å². The van der Waals surface area contributed by atoms with E-state index in [-0.39, 0.29) is 5.56 Å². The lowest BCUT2D eigenvalue weighted by Gasteiger charge is -2.09. The molecule has 0 spiro atoms. The second-order valence-electron chi connectivity index (χ2n) is 5.90. The lowest BCUT2D eigenvalue weighted by Crippen LogP contribution is -2.11. The van der Waals surface area contributed by atoms with Crippen molar-refractivity contribution in [2.24, 2.45) is 0 Å². The van der Waals surface area contributed by atoms with Gasteiger partial charge in [0, 0.05) is 11.4 Å². The van der Waals surface area contributed by atoms with Gasteiger partial charge in [0.1, 0.15) is 10.7 Å². The molecule has 0 saturated heterocycles. The molecule has 0 fully saturated rings. The number of allylic oxidation sites excluding steroid dienone is 1. The van der Waals surface area contributed by atoms with E-state index in [2.05, 4.69) is 26.7 Å². The Morgan fingerprint density at radius 1 is 1.40 bits per heavy atom. The van der Waals surface area contributed by atoms with Crippen LogP contribution < -0.4 is 5.56 Å². The number of nitrogens with zero attached hydrogens (tertiary/aromatic N) is 3. The van der Waals surface area contributed by atoms with Gasteiger partial charge in [-0.05, 0) is 43.5 Å². The summed E-state index contributed by atoms with van der Waals surface area (Å²) < 4.78 is 2.45. The van der Waals surface area contributed by atoms with Crippen LogP contribution in [-0.2, 0) is 25.1 Å². The molecule has 3 aromatic rings. The normalized spacial score (nSPS) is 13.9. The molecule has 130 valence electrons. The number of aromatic amines is 2. The van der Waals surface area contributed by atoms with Crippen LogP contribution in [0.1, 0.15) is 29.1 Å². The van der Waals surface area contributed by atoms with Crippen molar-refractivity contribution < 1.29 is 0 Å². The van der Waals surface area contributed by atoms with Crippen molar-refractivity contribution in [2.75, 3.05) is 0 Å². The molecule has 2 N–H and O–H groups in total. The van der Waals surface area contributed by atoms with Gasteiger partial charge in [0.05, 0.1) is 11.1 Å². The summed E-state index contributed by atoms with van der Waals surface area (Å²) in [6.45, 7) is 4.34. The molecule has 3 aromatic heterocycles. The third kappa shape index (κ3) is 3.11. The van der Waals surface area contributed by atoms with Crippen LogP contribution in [0, 0.1) is 4.77 Å². The van der Waals surface area contributed by atoms with E-state index in [0.717, 1.165) is 35.3 Å². The molecule has 0 aliphatic heterocycles. The van der Waals surface area contributed by atoms with Gasteiger partial charge in [-0.1, -0.05) is 17.8 Å². The largest absolute Gasteiger partial charge is 0.301 e. The molecule has 1 aliphatic rings. The van der Waals surface area contributed by atoms with Crippen molar-refractivity contribution in [3.63, 3.8) is 0 Å². The summed E-state index contributed by atoms with van der Waals surface area (Å²) in [5.41, 5.74) is 1.18. The second kappa shape index (κ2) is 6.89. The van der Waals surface area contributed by atoms with Crippen molar-refractivity contribution in [3.05, 3.63) is 44.0 Å². The Labute approximate surface area is 157 Å². The number of H-pyrrole nitrogens is 2. The molecule has 4 rings (SSSR count). The number of thiophene rings is 1. The Morgan fingerprint density at radius 2 is 2.24 bits per heavy atom. The highest BCUT2D eigenvalue weighted by Crippen LogP contribution is 2.34. The summed E-state index contributed by atoms with van der Waals surface area (Å²) in [4.78, 5) is 22.3. The summed E-state index contributed by atoms with van der Waals surface area (Å²) >= 11 is 8.34. The van der Waals surface area contributed by atoms with E-state index in [1.165, 1.54) is 28.6 Å². The van der Waals surface area contributed by atoms with Crippen molar-refractivity contribution in [1.29, 1.82) is 0 Å². The van der Waals surface area contributed by atoms with Gasteiger partial charge in [0.2, 0.25) is 0 Å². The molecule has 25 heavy (non-hydrogen) atoms. The second-order valence-corrected chi connectivity index (χ2v) is 8.33. The SMILES string of the molecule is C=CCn1c(CSc2nc3sc4c(c3c(=O)[nH]2)CCCC4)n[nH]c1=S. The number of hydrogen-bond donors (Lipinski definition) is 2. The number of aromatic nitrogens is 5. The van der Waals surface area contributed by atoms with Crippen LogP contribution in [0.25, 0.3) is 10.2 Å². The first-order chi connectivity index (χ1) is 12.2. The van der Waals surface area contributed by atoms with Crippen LogP contribution in [-0.4, -0.2) is 24.7 Å². The fourth-order valence-electron chi connectivity index (χ4n) is 3.12. The van der Waals surface area contributed by atoms with E-state index in [0.29, 0.717) is 22.2 Å². The molecule has 0 bridgehead atoms. The monoisotopic (exact) mass is 391 g/mol. The predicted molar refractivity (Wildman–Crippen MR) is 104 cm³/mol. The number of rotatable bonds is 5. The Hall–Kier alpha value is -1.71.